The predicted molar refractivity (Wildman–Crippen MR) is 80.9 cm³/mol. The van der Waals surface area contributed by atoms with E-state index in [0.29, 0.717) is 0 Å². The van der Waals surface area contributed by atoms with Crippen molar-refractivity contribution in [2.75, 3.05) is 0 Å². The first-order valence-corrected chi connectivity index (χ1v) is 7.02. The van der Waals surface area contributed by atoms with E-state index in [4.69, 9.17) is 0 Å². The fourth-order valence-corrected chi connectivity index (χ4v) is 2.51. The average molecular weight is 280 g/mol. The molecule has 0 saturated carbocycles. The Morgan fingerprint density at radius 2 is 2.10 bits per heavy atom. The fraction of sp³-hybridized carbons (Fsp3) is 0.0667. The maximum atomic E-state index is 4.58. The number of aromatic nitrogens is 4. The minimum atomic E-state index is 0.861. The molecule has 0 amide bonds. The Kier molecular flexibility index (Phi) is 3.60. The lowest BCUT2D eigenvalue weighted by Crippen LogP contribution is -1.86. The molecule has 5 heteroatoms. The highest BCUT2D eigenvalue weighted by Gasteiger charge is 2.05. The molecule has 0 unspecified atom stereocenters. The van der Waals surface area contributed by atoms with E-state index < -0.39 is 0 Å². The molecule has 4 nitrogen and oxygen atoms in total. The van der Waals surface area contributed by atoms with Gasteiger partial charge in [0.2, 0.25) is 0 Å². The summed E-state index contributed by atoms with van der Waals surface area (Å²) in [6.45, 7) is 2.00. The van der Waals surface area contributed by atoms with E-state index in [1.54, 1.807) is 36.1 Å². The summed E-state index contributed by atoms with van der Waals surface area (Å²) in [5.41, 5.74) is 3.71. The van der Waals surface area contributed by atoms with Crippen LogP contribution in [0.15, 0.2) is 48.4 Å². The zero-order valence-corrected chi connectivity index (χ0v) is 11.7. The van der Waals surface area contributed by atoms with E-state index in [9.17, 15) is 0 Å². The van der Waals surface area contributed by atoms with Crippen LogP contribution in [0.1, 0.15) is 18.3 Å². The fourth-order valence-electron chi connectivity index (χ4n) is 1.76. The van der Waals surface area contributed by atoms with Crippen molar-refractivity contribution in [3.63, 3.8) is 0 Å². The van der Waals surface area contributed by atoms with Gasteiger partial charge >= 0.3 is 0 Å². The van der Waals surface area contributed by atoms with Crippen LogP contribution in [0.5, 0.6) is 0 Å². The highest BCUT2D eigenvalue weighted by atomic mass is 32.1. The summed E-state index contributed by atoms with van der Waals surface area (Å²) in [5, 5.41) is 2.94. The Balaban J connectivity index is 1.88. The van der Waals surface area contributed by atoms with Crippen molar-refractivity contribution >= 4 is 23.0 Å². The summed E-state index contributed by atoms with van der Waals surface area (Å²) in [6, 6.07) is 5.82. The smallest absolute Gasteiger partial charge is 0.142 e. The van der Waals surface area contributed by atoms with Gasteiger partial charge in [0.1, 0.15) is 5.01 Å². The lowest BCUT2D eigenvalue weighted by Gasteiger charge is -1.97. The molecule has 0 radical (unpaired) electrons. The van der Waals surface area contributed by atoms with Crippen molar-refractivity contribution < 1.29 is 0 Å². The first-order valence-electron chi connectivity index (χ1n) is 6.14. The first kappa shape index (κ1) is 12.6. The number of nitrogens with zero attached hydrogens (tertiary/aromatic N) is 4. The van der Waals surface area contributed by atoms with Gasteiger partial charge in [-0.15, -0.1) is 11.3 Å². The largest absolute Gasteiger partial charge is 0.261 e. The van der Waals surface area contributed by atoms with Gasteiger partial charge in [0, 0.05) is 24.0 Å². The Bertz CT molecular complexity index is 720. The molecule has 20 heavy (non-hydrogen) atoms. The molecule has 3 rings (SSSR count). The summed E-state index contributed by atoms with van der Waals surface area (Å²) >= 11 is 1.59. The van der Waals surface area contributed by atoms with Crippen LogP contribution < -0.4 is 0 Å². The van der Waals surface area contributed by atoms with Gasteiger partial charge in [0.05, 0.1) is 23.3 Å². The quantitative estimate of drug-likeness (QED) is 0.736. The van der Waals surface area contributed by atoms with E-state index in [2.05, 4.69) is 19.9 Å². The number of rotatable bonds is 3. The molecule has 3 aromatic heterocycles. The van der Waals surface area contributed by atoms with E-state index in [0.717, 1.165) is 27.7 Å². The maximum Gasteiger partial charge on any atom is 0.142 e. The lowest BCUT2D eigenvalue weighted by atomic mass is 10.2. The summed E-state index contributed by atoms with van der Waals surface area (Å²) in [5.74, 6) is 0. The second-order valence-corrected chi connectivity index (χ2v) is 5.07. The van der Waals surface area contributed by atoms with Crippen molar-refractivity contribution in [1.82, 2.24) is 19.9 Å². The van der Waals surface area contributed by atoms with Crippen LogP contribution in [-0.4, -0.2) is 19.9 Å². The van der Waals surface area contributed by atoms with Crippen molar-refractivity contribution in [1.29, 1.82) is 0 Å². The lowest BCUT2D eigenvalue weighted by molar-refractivity contribution is 1.16. The number of hydrogen-bond acceptors (Lipinski definition) is 5. The second kappa shape index (κ2) is 5.71. The van der Waals surface area contributed by atoms with Crippen LogP contribution in [-0.2, 0) is 0 Å². The first-order chi connectivity index (χ1) is 9.83. The van der Waals surface area contributed by atoms with Gasteiger partial charge in [0.15, 0.2) is 0 Å². The third-order valence-electron chi connectivity index (χ3n) is 2.74. The Labute approximate surface area is 120 Å². The summed E-state index contributed by atoms with van der Waals surface area (Å²) in [7, 11) is 0. The summed E-state index contributed by atoms with van der Waals surface area (Å²) in [6.07, 6.45) is 8.88. The molecule has 0 atom stereocenters. The molecule has 3 aromatic rings. The zero-order chi connectivity index (χ0) is 13.8. The van der Waals surface area contributed by atoms with Crippen LogP contribution >= 0.6 is 11.3 Å². The molecule has 0 N–H and O–H groups in total. The Morgan fingerprint density at radius 3 is 2.85 bits per heavy atom. The SMILES string of the molecule is C/C(=C\c1csc(-c2ccccn2)n1)c1cnccn1. The van der Waals surface area contributed by atoms with Gasteiger partial charge in [-0.2, -0.15) is 0 Å². The molecule has 0 aliphatic carbocycles. The Hall–Kier alpha value is -2.40. The van der Waals surface area contributed by atoms with Crippen LogP contribution in [0.2, 0.25) is 0 Å². The van der Waals surface area contributed by atoms with Crippen molar-refractivity contribution in [3.8, 4) is 10.7 Å². The molecule has 0 fully saturated rings. The van der Waals surface area contributed by atoms with Crippen molar-refractivity contribution in [2.24, 2.45) is 0 Å². The highest BCUT2D eigenvalue weighted by Crippen LogP contribution is 2.23. The van der Waals surface area contributed by atoms with Gasteiger partial charge in [-0.3, -0.25) is 15.0 Å². The standard InChI is InChI=1S/C15H12N4S/c1-11(14-9-16-6-7-18-14)8-12-10-20-15(19-12)13-4-2-3-5-17-13/h2-10H,1H3/b11-8+. The Morgan fingerprint density at radius 1 is 1.15 bits per heavy atom. The molecule has 0 saturated heterocycles. The number of thiazole rings is 1. The normalized spacial score (nSPS) is 11.6. The molecule has 0 aliphatic rings. The van der Waals surface area contributed by atoms with Gasteiger partial charge in [-0.05, 0) is 30.7 Å². The minimum Gasteiger partial charge on any atom is -0.261 e. The molecule has 0 aliphatic heterocycles. The molecule has 98 valence electrons. The van der Waals surface area contributed by atoms with Gasteiger partial charge in [-0.1, -0.05) is 6.07 Å². The van der Waals surface area contributed by atoms with Gasteiger partial charge in [0.25, 0.3) is 0 Å². The zero-order valence-electron chi connectivity index (χ0n) is 10.9. The van der Waals surface area contributed by atoms with Crippen molar-refractivity contribution in [2.45, 2.75) is 6.92 Å². The van der Waals surface area contributed by atoms with Crippen LogP contribution in [0.3, 0.4) is 0 Å². The molecular formula is C15H12N4S. The monoisotopic (exact) mass is 280 g/mol. The second-order valence-electron chi connectivity index (χ2n) is 4.21. The van der Waals surface area contributed by atoms with E-state index >= 15 is 0 Å². The summed E-state index contributed by atoms with van der Waals surface area (Å²) < 4.78 is 0. The average Bonchev–Trinajstić information content (AvgIpc) is 2.97. The highest BCUT2D eigenvalue weighted by molar-refractivity contribution is 7.13. The van der Waals surface area contributed by atoms with E-state index in [1.165, 1.54) is 0 Å². The topological polar surface area (TPSA) is 51.6 Å². The molecule has 0 aromatic carbocycles. The molecule has 3 heterocycles. The molecule has 0 bridgehead atoms. The van der Waals surface area contributed by atoms with Crippen LogP contribution in [0.25, 0.3) is 22.4 Å². The molecule has 0 spiro atoms. The maximum absolute atomic E-state index is 4.58. The number of hydrogen-bond donors (Lipinski definition) is 0. The third-order valence-corrected chi connectivity index (χ3v) is 3.62. The molecular weight excluding hydrogens is 268 g/mol. The van der Waals surface area contributed by atoms with Crippen LogP contribution in [0.4, 0.5) is 0 Å². The van der Waals surface area contributed by atoms with Gasteiger partial charge in [-0.25, -0.2) is 4.98 Å². The van der Waals surface area contributed by atoms with E-state index in [1.807, 2.05) is 36.6 Å². The number of pyridine rings is 1. The minimum absolute atomic E-state index is 0.861. The number of allylic oxidation sites excluding steroid dienone is 1. The summed E-state index contributed by atoms with van der Waals surface area (Å²) in [4.78, 5) is 17.2. The van der Waals surface area contributed by atoms with Crippen molar-refractivity contribution in [3.05, 3.63) is 59.8 Å². The van der Waals surface area contributed by atoms with Crippen LogP contribution in [0, 0.1) is 0 Å². The van der Waals surface area contributed by atoms with E-state index in [-0.39, 0.29) is 0 Å². The van der Waals surface area contributed by atoms with Gasteiger partial charge < -0.3 is 0 Å². The predicted octanol–water partition coefficient (Wildman–Crippen LogP) is 3.56. The third kappa shape index (κ3) is 2.78.